The highest BCUT2D eigenvalue weighted by atomic mass is 35.5. The average molecular weight is 398 g/mol. The Morgan fingerprint density at radius 3 is 2.19 bits per heavy atom. The maximum Gasteiger partial charge on any atom is 0.225 e. The first kappa shape index (κ1) is 20.2. The van der Waals surface area contributed by atoms with Crippen LogP contribution in [0.25, 0.3) is 0 Å². The van der Waals surface area contributed by atoms with E-state index in [2.05, 4.69) is 4.98 Å². The third-order valence-corrected chi connectivity index (χ3v) is 5.06. The fraction of sp³-hybridized carbons (Fsp3) is 0.333. The van der Waals surface area contributed by atoms with E-state index in [1.807, 2.05) is 6.26 Å². The predicted molar refractivity (Wildman–Crippen MR) is 102 cm³/mol. The van der Waals surface area contributed by atoms with E-state index in [0.717, 1.165) is 0 Å². The molecule has 0 aliphatic rings. The van der Waals surface area contributed by atoms with Crippen molar-refractivity contribution in [2.75, 3.05) is 34.7 Å². The minimum absolute atomic E-state index is 0.194. The van der Waals surface area contributed by atoms with Gasteiger partial charge in [0.05, 0.1) is 50.8 Å². The van der Waals surface area contributed by atoms with Gasteiger partial charge < -0.3 is 18.9 Å². The highest BCUT2D eigenvalue weighted by Crippen LogP contribution is 2.44. The lowest BCUT2D eigenvalue weighted by Crippen LogP contribution is -2.12. The number of nitrogens with zero attached hydrogens (tertiary/aromatic N) is 1. The molecule has 0 saturated carbocycles. The van der Waals surface area contributed by atoms with E-state index in [1.165, 1.54) is 46.4 Å². The number of carbonyl (C=O) groups is 1. The van der Waals surface area contributed by atoms with Crippen molar-refractivity contribution >= 4 is 29.1 Å². The lowest BCUT2D eigenvalue weighted by Gasteiger charge is -2.19. The van der Waals surface area contributed by atoms with Gasteiger partial charge in [0.25, 0.3) is 0 Å². The monoisotopic (exact) mass is 397 g/mol. The number of rotatable bonds is 7. The summed E-state index contributed by atoms with van der Waals surface area (Å²) in [7, 11) is 5.93. The van der Waals surface area contributed by atoms with Gasteiger partial charge in [0, 0.05) is 4.90 Å². The molecule has 0 aliphatic heterocycles. The summed E-state index contributed by atoms with van der Waals surface area (Å²) in [5.74, 6) is 0.961. The van der Waals surface area contributed by atoms with Crippen LogP contribution in [0, 0.1) is 6.92 Å². The SMILES string of the molecule is COc1cc(C)c(C(=O)c2c(OC)ncc(Cl)c2SC)c(OC)c1OC. The van der Waals surface area contributed by atoms with Gasteiger partial charge in [-0.1, -0.05) is 11.6 Å². The Hall–Kier alpha value is -2.12. The zero-order chi connectivity index (χ0) is 19.4. The fourth-order valence-electron chi connectivity index (χ4n) is 2.70. The number of halogens is 1. The average Bonchev–Trinajstić information content (AvgIpc) is 2.65. The second-order valence-corrected chi connectivity index (χ2v) is 6.41. The third-order valence-electron chi connectivity index (χ3n) is 3.83. The molecule has 2 rings (SSSR count). The van der Waals surface area contributed by atoms with Crippen LogP contribution in [0.2, 0.25) is 5.02 Å². The van der Waals surface area contributed by atoms with Gasteiger partial charge in [-0.05, 0) is 24.8 Å². The van der Waals surface area contributed by atoms with Gasteiger partial charge in [-0.25, -0.2) is 4.98 Å². The van der Waals surface area contributed by atoms with Gasteiger partial charge in [0.15, 0.2) is 11.5 Å². The number of hydrogen-bond donors (Lipinski definition) is 0. The van der Waals surface area contributed by atoms with E-state index < -0.39 is 0 Å². The van der Waals surface area contributed by atoms with Crippen LogP contribution in [0.4, 0.5) is 0 Å². The number of pyridine rings is 1. The van der Waals surface area contributed by atoms with Crippen LogP contribution in [0.5, 0.6) is 23.1 Å². The Labute approximate surface area is 161 Å². The van der Waals surface area contributed by atoms with Crippen molar-refractivity contribution in [3.05, 3.63) is 34.0 Å². The Kier molecular flexibility index (Phi) is 6.61. The molecular weight excluding hydrogens is 378 g/mol. The molecule has 1 aromatic heterocycles. The normalized spacial score (nSPS) is 10.4. The minimum atomic E-state index is -0.323. The molecule has 0 bridgehead atoms. The van der Waals surface area contributed by atoms with E-state index in [1.54, 1.807) is 13.0 Å². The zero-order valence-corrected chi connectivity index (χ0v) is 17.0. The minimum Gasteiger partial charge on any atom is -0.493 e. The summed E-state index contributed by atoms with van der Waals surface area (Å²) in [6, 6.07) is 1.72. The highest BCUT2D eigenvalue weighted by molar-refractivity contribution is 7.98. The molecule has 26 heavy (non-hydrogen) atoms. The van der Waals surface area contributed by atoms with Crippen molar-refractivity contribution in [2.45, 2.75) is 11.8 Å². The first-order valence-electron chi connectivity index (χ1n) is 7.55. The first-order valence-corrected chi connectivity index (χ1v) is 9.16. The van der Waals surface area contributed by atoms with Gasteiger partial charge in [0.1, 0.15) is 0 Å². The molecule has 0 aliphatic carbocycles. The molecule has 8 heteroatoms. The molecule has 0 fully saturated rings. The summed E-state index contributed by atoms with van der Waals surface area (Å²) in [5, 5.41) is 0.374. The fourth-order valence-corrected chi connectivity index (χ4v) is 3.70. The summed E-state index contributed by atoms with van der Waals surface area (Å²) in [6.45, 7) is 1.79. The number of ether oxygens (including phenoxy) is 4. The summed E-state index contributed by atoms with van der Waals surface area (Å²) in [5.41, 5.74) is 1.28. The Morgan fingerprint density at radius 2 is 1.69 bits per heavy atom. The smallest absolute Gasteiger partial charge is 0.225 e. The first-order chi connectivity index (χ1) is 12.4. The lowest BCUT2D eigenvalue weighted by molar-refractivity contribution is 0.102. The number of aryl methyl sites for hydroxylation is 1. The number of hydrogen-bond acceptors (Lipinski definition) is 7. The van der Waals surface area contributed by atoms with E-state index in [4.69, 9.17) is 30.5 Å². The van der Waals surface area contributed by atoms with Gasteiger partial charge >= 0.3 is 0 Å². The number of ketones is 1. The van der Waals surface area contributed by atoms with E-state index in [9.17, 15) is 4.79 Å². The molecule has 0 spiro atoms. The van der Waals surface area contributed by atoms with Crippen molar-refractivity contribution in [1.29, 1.82) is 0 Å². The van der Waals surface area contributed by atoms with Crippen LogP contribution in [-0.2, 0) is 0 Å². The molecule has 0 unspecified atom stereocenters. The van der Waals surface area contributed by atoms with Crippen LogP contribution < -0.4 is 18.9 Å². The molecule has 1 aromatic carbocycles. The Bertz CT molecular complexity index is 841. The largest absolute Gasteiger partial charge is 0.493 e. The van der Waals surface area contributed by atoms with Crippen LogP contribution in [0.15, 0.2) is 17.2 Å². The number of benzene rings is 1. The third kappa shape index (κ3) is 3.41. The topological polar surface area (TPSA) is 66.9 Å². The van der Waals surface area contributed by atoms with Crippen molar-refractivity contribution in [2.24, 2.45) is 0 Å². The summed E-state index contributed by atoms with van der Waals surface area (Å²) < 4.78 is 21.5. The number of methoxy groups -OCH3 is 4. The second-order valence-electron chi connectivity index (χ2n) is 5.19. The maximum atomic E-state index is 13.5. The molecule has 0 atom stereocenters. The van der Waals surface area contributed by atoms with Crippen LogP contribution >= 0.6 is 23.4 Å². The molecule has 140 valence electrons. The van der Waals surface area contributed by atoms with E-state index in [0.29, 0.717) is 32.5 Å². The number of thioether (sulfide) groups is 1. The van der Waals surface area contributed by atoms with Gasteiger partial charge in [-0.15, -0.1) is 11.8 Å². The molecule has 0 radical (unpaired) electrons. The van der Waals surface area contributed by atoms with Crippen LogP contribution in [-0.4, -0.2) is 45.5 Å². The Balaban J connectivity index is 2.82. The van der Waals surface area contributed by atoms with Gasteiger partial charge in [0.2, 0.25) is 17.4 Å². The quantitative estimate of drug-likeness (QED) is 0.516. The molecule has 0 N–H and O–H groups in total. The second kappa shape index (κ2) is 8.51. The van der Waals surface area contributed by atoms with Crippen molar-refractivity contribution in [3.8, 4) is 23.1 Å². The van der Waals surface area contributed by atoms with Crippen LogP contribution in [0.1, 0.15) is 21.5 Å². The lowest BCUT2D eigenvalue weighted by atomic mass is 9.97. The van der Waals surface area contributed by atoms with Crippen LogP contribution in [0.3, 0.4) is 0 Å². The summed E-state index contributed by atoms with van der Waals surface area (Å²) >= 11 is 7.58. The summed E-state index contributed by atoms with van der Waals surface area (Å²) in [6.07, 6.45) is 3.29. The van der Waals surface area contributed by atoms with E-state index in [-0.39, 0.29) is 23.0 Å². The summed E-state index contributed by atoms with van der Waals surface area (Å²) in [4.78, 5) is 18.2. The maximum absolute atomic E-state index is 13.5. The van der Waals surface area contributed by atoms with Gasteiger partial charge in [-0.2, -0.15) is 0 Å². The standard InChI is InChI=1S/C18H20ClNO5S/c1-9-7-11(22-2)15(23-3)16(24-4)12(9)14(21)13-17(26-6)10(19)8-20-18(13)25-5/h7-8H,1-6H3. The molecule has 6 nitrogen and oxygen atoms in total. The zero-order valence-electron chi connectivity index (χ0n) is 15.4. The molecule has 0 amide bonds. The predicted octanol–water partition coefficient (Wildman–Crippen LogP) is 4.03. The molecule has 2 aromatic rings. The van der Waals surface area contributed by atoms with Crippen molar-refractivity contribution in [3.63, 3.8) is 0 Å². The number of carbonyl (C=O) groups excluding carboxylic acids is 1. The molecular formula is C18H20ClNO5S. The highest BCUT2D eigenvalue weighted by Gasteiger charge is 2.29. The van der Waals surface area contributed by atoms with Crippen molar-refractivity contribution < 1.29 is 23.7 Å². The number of aromatic nitrogens is 1. The van der Waals surface area contributed by atoms with E-state index >= 15 is 0 Å². The van der Waals surface area contributed by atoms with Crippen molar-refractivity contribution in [1.82, 2.24) is 4.98 Å². The molecule has 1 heterocycles. The molecule has 0 saturated heterocycles. The van der Waals surface area contributed by atoms with Gasteiger partial charge in [-0.3, -0.25) is 4.79 Å². The Morgan fingerprint density at radius 1 is 1.04 bits per heavy atom.